The van der Waals surface area contributed by atoms with Gasteiger partial charge in [0.15, 0.2) is 0 Å². The Morgan fingerprint density at radius 1 is 1.69 bits per heavy atom. The fraction of sp³-hybridized carbons (Fsp3) is 0.333. The Kier molecular flexibility index (Phi) is 3.39. The van der Waals surface area contributed by atoms with E-state index in [9.17, 15) is 14.9 Å². The Morgan fingerprint density at radius 2 is 2.31 bits per heavy atom. The second-order valence-electron chi connectivity index (χ2n) is 3.20. The zero-order valence-corrected chi connectivity index (χ0v) is 9.01. The molecule has 1 heterocycles. The molecule has 2 N–H and O–H groups in total. The molecule has 0 unspecified atom stereocenters. The second kappa shape index (κ2) is 4.56. The number of rotatable bonds is 3. The normalized spacial score (nSPS) is 9.88. The maximum Gasteiger partial charge on any atom is 0.288 e. The van der Waals surface area contributed by atoms with E-state index in [0.717, 1.165) is 12.3 Å². The van der Waals surface area contributed by atoms with Crippen molar-refractivity contribution in [3.8, 4) is 0 Å². The van der Waals surface area contributed by atoms with E-state index in [1.54, 1.807) is 14.0 Å². The molecule has 1 aromatic heterocycles. The third kappa shape index (κ3) is 2.25. The molecule has 1 rings (SSSR count). The highest BCUT2D eigenvalue weighted by atomic mass is 16.6. The molecular weight excluding hydrogens is 212 g/mol. The van der Waals surface area contributed by atoms with Crippen molar-refractivity contribution in [1.82, 2.24) is 9.88 Å². The number of carbonyl (C=O) groups is 1. The number of hydrogen-bond donors (Lipinski definition) is 1. The van der Waals surface area contributed by atoms with Gasteiger partial charge in [0.25, 0.3) is 11.6 Å². The monoisotopic (exact) mass is 224 g/mol. The minimum absolute atomic E-state index is 0.00380. The van der Waals surface area contributed by atoms with Crippen LogP contribution >= 0.6 is 0 Å². The van der Waals surface area contributed by atoms with Crippen molar-refractivity contribution in [1.29, 1.82) is 0 Å². The van der Waals surface area contributed by atoms with Gasteiger partial charge in [-0.15, -0.1) is 0 Å². The van der Waals surface area contributed by atoms with Crippen LogP contribution in [0.15, 0.2) is 12.3 Å². The summed E-state index contributed by atoms with van der Waals surface area (Å²) >= 11 is 0. The lowest BCUT2D eigenvalue weighted by Crippen LogP contribution is -2.27. The minimum Gasteiger partial charge on any atom is -0.383 e. The Morgan fingerprint density at radius 3 is 2.81 bits per heavy atom. The molecule has 0 fully saturated rings. The summed E-state index contributed by atoms with van der Waals surface area (Å²) in [5.74, 6) is -0.382. The van der Waals surface area contributed by atoms with Gasteiger partial charge in [0, 0.05) is 19.7 Å². The highest BCUT2D eigenvalue weighted by Gasteiger charge is 2.18. The van der Waals surface area contributed by atoms with E-state index >= 15 is 0 Å². The van der Waals surface area contributed by atoms with Crippen LogP contribution in [0.5, 0.6) is 0 Å². The smallest absolute Gasteiger partial charge is 0.288 e. The maximum absolute atomic E-state index is 11.8. The van der Waals surface area contributed by atoms with Crippen LogP contribution in [0.4, 0.5) is 11.5 Å². The number of nitrogens with two attached hydrogens (primary N) is 1. The summed E-state index contributed by atoms with van der Waals surface area (Å²) in [6.07, 6.45) is 1.03. The highest BCUT2D eigenvalue weighted by Crippen LogP contribution is 2.17. The van der Waals surface area contributed by atoms with Gasteiger partial charge in [0.2, 0.25) is 0 Å². The molecule has 7 nitrogen and oxygen atoms in total. The van der Waals surface area contributed by atoms with Gasteiger partial charge >= 0.3 is 0 Å². The van der Waals surface area contributed by atoms with Crippen LogP contribution in [-0.2, 0) is 0 Å². The van der Waals surface area contributed by atoms with Gasteiger partial charge in [-0.05, 0) is 6.92 Å². The average molecular weight is 224 g/mol. The van der Waals surface area contributed by atoms with E-state index in [2.05, 4.69) is 4.98 Å². The van der Waals surface area contributed by atoms with Crippen molar-refractivity contribution in [2.24, 2.45) is 0 Å². The summed E-state index contributed by atoms with van der Waals surface area (Å²) in [7, 11) is 1.58. The molecule has 0 spiro atoms. The fourth-order valence-electron chi connectivity index (χ4n) is 1.08. The van der Waals surface area contributed by atoms with Crippen LogP contribution in [-0.4, -0.2) is 34.3 Å². The van der Waals surface area contributed by atoms with Gasteiger partial charge < -0.3 is 10.6 Å². The molecule has 0 aliphatic carbocycles. The summed E-state index contributed by atoms with van der Waals surface area (Å²) < 4.78 is 0. The van der Waals surface area contributed by atoms with Gasteiger partial charge in [-0.25, -0.2) is 4.98 Å². The summed E-state index contributed by atoms with van der Waals surface area (Å²) in [6, 6.07) is 1.14. The van der Waals surface area contributed by atoms with E-state index in [0.29, 0.717) is 6.54 Å². The number of aromatic nitrogens is 1. The van der Waals surface area contributed by atoms with E-state index < -0.39 is 4.92 Å². The van der Waals surface area contributed by atoms with Gasteiger partial charge in [-0.1, -0.05) is 0 Å². The van der Waals surface area contributed by atoms with Gasteiger partial charge in [0.05, 0.1) is 10.5 Å². The Balaban J connectivity index is 3.17. The topological polar surface area (TPSA) is 102 Å². The fourth-order valence-corrected chi connectivity index (χ4v) is 1.08. The molecule has 0 aliphatic rings. The molecule has 0 bridgehead atoms. The molecule has 0 atom stereocenters. The first-order chi connectivity index (χ1) is 7.47. The first kappa shape index (κ1) is 11.9. The molecule has 0 aromatic carbocycles. The van der Waals surface area contributed by atoms with Crippen molar-refractivity contribution in [2.45, 2.75) is 6.92 Å². The first-order valence-electron chi connectivity index (χ1n) is 4.62. The maximum atomic E-state index is 11.8. The molecule has 0 aliphatic heterocycles. The van der Waals surface area contributed by atoms with Crippen LogP contribution in [0.25, 0.3) is 0 Å². The lowest BCUT2D eigenvalue weighted by atomic mass is 10.2. The molecule has 7 heteroatoms. The molecule has 86 valence electrons. The van der Waals surface area contributed by atoms with Crippen molar-refractivity contribution in [2.75, 3.05) is 19.3 Å². The predicted octanol–water partition coefficient (Wildman–Crippen LogP) is 0.664. The third-order valence-electron chi connectivity index (χ3n) is 2.17. The zero-order valence-electron chi connectivity index (χ0n) is 9.01. The number of nitro groups is 1. The van der Waals surface area contributed by atoms with Crippen LogP contribution in [0.1, 0.15) is 17.3 Å². The number of carbonyl (C=O) groups excluding carboxylic acids is 1. The Hall–Kier alpha value is -2.18. The predicted molar refractivity (Wildman–Crippen MR) is 57.9 cm³/mol. The first-order valence-corrected chi connectivity index (χ1v) is 4.62. The number of amides is 1. The summed E-state index contributed by atoms with van der Waals surface area (Å²) in [5, 5.41) is 10.5. The Bertz CT molecular complexity index is 433. The average Bonchev–Trinajstić information content (AvgIpc) is 2.27. The standard InChI is InChI=1S/C9H12N4O3/c1-3-12(2)9(14)7-4-6(13(15)16)5-11-8(7)10/h4-5H,3H2,1-2H3,(H2,10,11). The van der Waals surface area contributed by atoms with Crippen molar-refractivity contribution < 1.29 is 9.72 Å². The van der Waals surface area contributed by atoms with Gasteiger partial charge in [-0.3, -0.25) is 14.9 Å². The summed E-state index contributed by atoms with van der Waals surface area (Å²) in [4.78, 5) is 26.7. The molecule has 1 aromatic rings. The lowest BCUT2D eigenvalue weighted by Gasteiger charge is -2.14. The van der Waals surface area contributed by atoms with Crippen LogP contribution < -0.4 is 5.73 Å². The molecule has 1 amide bonds. The summed E-state index contributed by atoms with van der Waals surface area (Å²) in [6.45, 7) is 2.28. The molecule has 0 saturated carbocycles. The number of pyridine rings is 1. The zero-order chi connectivity index (χ0) is 12.3. The number of hydrogen-bond acceptors (Lipinski definition) is 5. The molecule has 0 saturated heterocycles. The van der Waals surface area contributed by atoms with E-state index in [4.69, 9.17) is 5.73 Å². The molecule has 0 radical (unpaired) electrons. The highest BCUT2D eigenvalue weighted by molar-refractivity contribution is 5.98. The molecular formula is C9H12N4O3. The van der Waals surface area contributed by atoms with E-state index in [1.807, 2.05) is 0 Å². The van der Waals surface area contributed by atoms with Crippen LogP contribution in [0.2, 0.25) is 0 Å². The Labute approximate surface area is 92.0 Å². The van der Waals surface area contributed by atoms with Crippen molar-refractivity contribution in [3.63, 3.8) is 0 Å². The van der Waals surface area contributed by atoms with E-state index in [-0.39, 0.29) is 23.0 Å². The minimum atomic E-state index is -0.616. The SMILES string of the molecule is CCN(C)C(=O)c1cc([N+](=O)[O-])cnc1N. The van der Waals surface area contributed by atoms with Crippen molar-refractivity contribution in [3.05, 3.63) is 27.9 Å². The second-order valence-corrected chi connectivity index (χ2v) is 3.20. The number of anilines is 1. The van der Waals surface area contributed by atoms with Gasteiger partial charge in [0.1, 0.15) is 12.0 Å². The van der Waals surface area contributed by atoms with Crippen molar-refractivity contribution >= 4 is 17.4 Å². The molecule has 16 heavy (non-hydrogen) atoms. The third-order valence-corrected chi connectivity index (χ3v) is 2.17. The van der Waals surface area contributed by atoms with Crippen LogP contribution in [0, 0.1) is 10.1 Å². The van der Waals surface area contributed by atoms with E-state index in [1.165, 1.54) is 4.90 Å². The van der Waals surface area contributed by atoms with Gasteiger partial charge in [-0.2, -0.15) is 0 Å². The van der Waals surface area contributed by atoms with Crippen LogP contribution in [0.3, 0.4) is 0 Å². The summed E-state index contributed by atoms with van der Waals surface area (Å²) in [5.41, 5.74) is 5.31. The number of nitrogens with zero attached hydrogens (tertiary/aromatic N) is 3. The quantitative estimate of drug-likeness (QED) is 0.600. The number of nitrogen functional groups attached to an aromatic ring is 1. The largest absolute Gasteiger partial charge is 0.383 e. The lowest BCUT2D eigenvalue weighted by molar-refractivity contribution is -0.385.